The molecule has 0 amide bonds. The molecule has 0 aliphatic carbocycles. The Morgan fingerprint density at radius 2 is 1.48 bits per heavy atom. The normalized spacial score (nSPS) is 11.4. The number of aryl methyl sites for hydroxylation is 1. The summed E-state index contributed by atoms with van der Waals surface area (Å²) in [4.78, 5) is 11.9. The number of hydrogen-bond donors (Lipinski definition) is 0. The Hall–Kier alpha value is -1.51. The van der Waals surface area contributed by atoms with Gasteiger partial charge in [0.25, 0.3) is 0 Å². The Bertz CT molecular complexity index is 505. The van der Waals surface area contributed by atoms with E-state index in [1.54, 1.807) is 0 Å². The molecule has 0 spiro atoms. The van der Waals surface area contributed by atoms with Crippen LogP contribution in [0.1, 0.15) is 91.0 Å². The number of hydrogen-bond acceptors (Lipinski definition) is 3. The first-order valence-corrected chi connectivity index (χ1v) is 10.9. The van der Waals surface area contributed by atoms with Gasteiger partial charge in [0.1, 0.15) is 5.75 Å². The highest BCUT2D eigenvalue weighted by Crippen LogP contribution is 2.21. The summed E-state index contributed by atoms with van der Waals surface area (Å²) in [5.41, 5.74) is 0.985. The fraction of sp³-hybridized carbons (Fsp3) is 0.708. The van der Waals surface area contributed by atoms with Crippen molar-refractivity contribution in [1.82, 2.24) is 0 Å². The highest BCUT2D eigenvalue weighted by molar-refractivity contribution is 5.75. The molecule has 0 N–H and O–H groups in total. The summed E-state index contributed by atoms with van der Waals surface area (Å²) in [6, 6.07) is 8.41. The Balaban J connectivity index is 2.12. The molecule has 0 saturated heterocycles. The quantitative estimate of drug-likeness (QED) is 0.251. The minimum absolute atomic E-state index is 0.125. The maximum absolute atomic E-state index is 11.9. The lowest BCUT2D eigenvalue weighted by Gasteiger charge is -2.20. The Labute approximate surface area is 166 Å². The molecule has 154 valence electrons. The van der Waals surface area contributed by atoms with Crippen molar-refractivity contribution in [3.8, 4) is 5.75 Å². The van der Waals surface area contributed by atoms with Crippen LogP contribution in [-0.2, 0) is 16.0 Å². The van der Waals surface area contributed by atoms with E-state index < -0.39 is 5.41 Å². The first-order chi connectivity index (χ1) is 13.0. The summed E-state index contributed by atoms with van der Waals surface area (Å²) in [6.45, 7) is 9.08. The minimum Gasteiger partial charge on any atom is -0.493 e. The second-order valence-electron chi connectivity index (χ2n) is 8.09. The lowest BCUT2D eigenvalue weighted by Crippen LogP contribution is -2.26. The van der Waals surface area contributed by atoms with Gasteiger partial charge in [-0.3, -0.25) is 4.79 Å². The van der Waals surface area contributed by atoms with Gasteiger partial charge in [-0.2, -0.15) is 0 Å². The second-order valence-corrected chi connectivity index (χ2v) is 8.09. The average Bonchev–Trinajstić information content (AvgIpc) is 2.67. The maximum atomic E-state index is 11.9. The number of ether oxygens (including phenoxy) is 2. The van der Waals surface area contributed by atoms with Gasteiger partial charge >= 0.3 is 5.97 Å². The molecular weight excluding hydrogens is 336 g/mol. The van der Waals surface area contributed by atoms with Crippen molar-refractivity contribution in [2.24, 2.45) is 5.41 Å². The largest absolute Gasteiger partial charge is 0.493 e. The van der Waals surface area contributed by atoms with Crippen molar-refractivity contribution in [3.05, 3.63) is 29.8 Å². The van der Waals surface area contributed by atoms with Crippen LogP contribution in [0.15, 0.2) is 24.3 Å². The van der Waals surface area contributed by atoms with E-state index in [4.69, 9.17) is 9.47 Å². The van der Waals surface area contributed by atoms with Gasteiger partial charge in [-0.15, -0.1) is 0 Å². The third kappa shape index (κ3) is 10.4. The number of rotatable bonds is 15. The first kappa shape index (κ1) is 23.5. The molecule has 1 rings (SSSR count). The zero-order valence-corrected chi connectivity index (χ0v) is 18.0. The van der Waals surface area contributed by atoms with Crippen molar-refractivity contribution in [2.75, 3.05) is 13.2 Å². The van der Waals surface area contributed by atoms with E-state index in [0.717, 1.165) is 18.6 Å². The SMILES string of the molecule is CCCCCCCCCc1ccc(OCCCOC(=O)C(C)(C)CC)cc1. The van der Waals surface area contributed by atoms with Gasteiger partial charge in [-0.1, -0.05) is 64.5 Å². The third-order valence-corrected chi connectivity index (χ3v) is 5.22. The number of benzene rings is 1. The van der Waals surface area contributed by atoms with E-state index in [2.05, 4.69) is 19.1 Å². The Morgan fingerprint density at radius 3 is 2.11 bits per heavy atom. The third-order valence-electron chi connectivity index (χ3n) is 5.22. The van der Waals surface area contributed by atoms with Crippen LogP contribution in [0.2, 0.25) is 0 Å². The summed E-state index contributed by atoms with van der Waals surface area (Å²) < 4.78 is 11.1. The molecule has 1 aromatic carbocycles. The lowest BCUT2D eigenvalue weighted by atomic mass is 9.91. The molecule has 3 heteroatoms. The van der Waals surface area contributed by atoms with Crippen LogP contribution in [0.4, 0.5) is 0 Å². The molecule has 0 aliphatic heterocycles. The summed E-state index contributed by atoms with van der Waals surface area (Å²) in [6.07, 6.45) is 12.1. The highest BCUT2D eigenvalue weighted by Gasteiger charge is 2.26. The highest BCUT2D eigenvalue weighted by atomic mass is 16.5. The van der Waals surface area contributed by atoms with E-state index in [0.29, 0.717) is 19.6 Å². The van der Waals surface area contributed by atoms with Gasteiger partial charge in [0.15, 0.2) is 0 Å². The van der Waals surface area contributed by atoms with E-state index in [1.807, 2.05) is 32.9 Å². The molecule has 0 heterocycles. The van der Waals surface area contributed by atoms with E-state index in [1.165, 1.54) is 50.5 Å². The van der Waals surface area contributed by atoms with E-state index in [-0.39, 0.29) is 5.97 Å². The van der Waals surface area contributed by atoms with Gasteiger partial charge in [0.2, 0.25) is 0 Å². The van der Waals surface area contributed by atoms with Gasteiger partial charge in [0, 0.05) is 6.42 Å². The molecule has 0 atom stereocenters. The van der Waals surface area contributed by atoms with Gasteiger partial charge < -0.3 is 9.47 Å². The summed E-state index contributed by atoms with van der Waals surface area (Å²) in [7, 11) is 0. The predicted molar refractivity (Wildman–Crippen MR) is 113 cm³/mol. The monoisotopic (exact) mass is 376 g/mol. The number of carbonyl (C=O) groups is 1. The van der Waals surface area contributed by atoms with Crippen molar-refractivity contribution in [1.29, 1.82) is 0 Å². The van der Waals surface area contributed by atoms with Gasteiger partial charge in [0.05, 0.1) is 18.6 Å². The zero-order valence-electron chi connectivity index (χ0n) is 18.0. The van der Waals surface area contributed by atoms with Crippen LogP contribution >= 0.6 is 0 Å². The molecule has 0 aliphatic rings. The first-order valence-electron chi connectivity index (χ1n) is 10.9. The topological polar surface area (TPSA) is 35.5 Å². The fourth-order valence-corrected chi connectivity index (χ4v) is 2.79. The van der Waals surface area contributed by atoms with Crippen molar-refractivity contribution in [3.63, 3.8) is 0 Å². The molecule has 0 radical (unpaired) electrons. The number of carbonyl (C=O) groups excluding carboxylic acids is 1. The summed E-state index contributed by atoms with van der Waals surface area (Å²) >= 11 is 0. The Kier molecular flexibility index (Phi) is 11.9. The summed E-state index contributed by atoms with van der Waals surface area (Å²) in [5.74, 6) is 0.762. The van der Waals surface area contributed by atoms with Crippen molar-refractivity contribution >= 4 is 5.97 Å². The zero-order chi connectivity index (χ0) is 20.0. The maximum Gasteiger partial charge on any atom is 0.311 e. The predicted octanol–water partition coefficient (Wildman–Crippen LogP) is 6.73. The molecule has 3 nitrogen and oxygen atoms in total. The lowest BCUT2D eigenvalue weighted by molar-refractivity contribution is -0.154. The average molecular weight is 377 g/mol. The van der Waals surface area contributed by atoms with Crippen LogP contribution in [-0.4, -0.2) is 19.2 Å². The number of unbranched alkanes of at least 4 members (excludes halogenated alkanes) is 6. The van der Waals surface area contributed by atoms with Crippen LogP contribution in [0.25, 0.3) is 0 Å². The Morgan fingerprint density at radius 1 is 0.852 bits per heavy atom. The molecule has 0 fully saturated rings. The summed E-state index contributed by atoms with van der Waals surface area (Å²) in [5, 5.41) is 0. The molecule has 0 unspecified atom stereocenters. The smallest absolute Gasteiger partial charge is 0.311 e. The van der Waals surface area contributed by atoms with Crippen molar-refractivity contribution < 1.29 is 14.3 Å². The van der Waals surface area contributed by atoms with Crippen LogP contribution < -0.4 is 4.74 Å². The molecule has 0 saturated carbocycles. The van der Waals surface area contributed by atoms with Crippen molar-refractivity contribution in [2.45, 2.75) is 91.9 Å². The molecule has 27 heavy (non-hydrogen) atoms. The van der Waals surface area contributed by atoms with Crippen LogP contribution in [0.5, 0.6) is 5.75 Å². The van der Waals surface area contributed by atoms with E-state index >= 15 is 0 Å². The molecular formula is C24H40O3. The van der Waals surface area contributed by atoms with Crippen LogP contribution in [0.3, 0.4) is 0 Å². The van der Waals surface area contributed by atoms with Gasteiger partial charge in [-0.05, 0) is 50.8 Å². The minimum atomic E-state index is -0.397. The second kappa shape index (κ2) is 13.6. The fourth-order valence-electron chi connectivity index (χ4n) is 2.79. The molecule has 0 bridgehead atoms. The molecule has 0 aromatic heterocycles. The molecule has 1 aromatic rings. The standard InChI is InChI=1S/C24H40O3/c1-5-7-8-9-10-11-12-14-21-15-17-22(18-16-21)26-19-13-20-27-23(25)24(3,4)6-2/h15-18H,5-14,19-20H2,1-4H3. The van der Waals surface area contributed by atoms with Gasteiger partial charge in [-0.25, -0.2) is 0 Å². The van der Waals surface area contributed by atoms with Crippen LogP contribution in [0, 0.1) is 5.41 Å². The number of esters is 1. The van der Waals surface area contributed by atoms with E-state index in [9.17, 15) is 4.79 Å².